The number of allylic oxidation sites excluding steroid dienone is 3. The van der Waals surface area contributed by atoms with Crippen LogP contribution >= 0.6 is 0 Å². The van der Waals surface area contributed by atoms with Gasteiger partial charge in [-0.15, -0.1) is 0 Å². The van der Waals surface area contributed by atoms with Crippen molar-refractivity contribution in [3.05, 3.63) is 47.8 Å². The average Bonchev–Trinajstić information content (AvgIpc) is 2.25. The molecule has 0 N–H and O–H groups in total. The molecular formula is C13H17N. The Kier molecular flexibility index (Phi) is 4.70. The van der Waals surface area contributed by atoms with Gasteiger partial charge < -0.3 is 0 Å². The number of aromatic nitrogens is 1. The Hall–Kier alpha value is -1.37. The zero-order valence-corrected chi connectivity index (χ0v) is 8.90. The van der Waals surface area contributed by atoms with Crippen molar-refractivity contribution in [1.82, 2.24) is 4.98 Å². The molecule has 0 fully saturated rings. The molecule has 1 nitrogen and oxygen atoms in total. The first-order chi connectivity index (χ1) is 6.83. The lowest BCUT2D eigenvalue weighted by molar-refractivity contribution is 0.977. The molecule has 0 unspecified atom stereocenters. The monoisotopic (exact) mass is 187 g/mol. The molecule has 0 aliphatic rings. The van der Waals surface area contributed by atoms with Gasteiger partial charge in [-0.2, -0.15) is 0 Å². The van der Waals surface area contributed by atoms with Crippen LogP contribution < -0.4 is 0 Å². The van der Waals surface area contributed by atoms with Gasteiger partial charge in [0.25, 0.3) is 0 Å². The molecule has 1 aromatic rings. The van der Waals surface area contributed by atoms with Crippen LogP contribution in [0.4, 0.5) is 0 Å². The van der Waals surface area contributed by atoms with E-state index in [1.807, 2.05) is 24.4 Å². The smallest absolute Gasteiger partial charge is 0.0626 e. The molecular weight excluding hydrogens is 170 g/mol. The lowest BCUT2D eigenvalue weighted by Gasteiger charge is -1.95. The summed E-state index contributed by atoms with van der Waals surface area (Å²) in [7, 11) is 0. The number of rotatable bonds is 4. The van der Waals surface area contributed by atoms with E-state index in [1.54, 1.807) is 0 Å². The zero-order chi connectivity index (χ0) is 10.2. The topological polar surface area (TPSA) is 12.9 Å². The molecule has 1 heterocycles. The fourth-order valence-electron chi connectivity index (χ4n) is 1.13. The third-order valence-electron chi connectivity index (χ3n) is 2.17. The Balaban J connectivity index is 2.35. The average molecular weight is 187 g/mol. The van der Waals surface area contributed by atoms with Crippen molar-refractivity contribution < 1.29 is 0 Å². The summed E-state index contributed by atoms with van der Waals surface area (Å²) in [5, 5.41) is 0. The van der Waals surface area contributed by atoms with Crippen LogP contribution in [0, 0.1) is 0 Å². The Morgan fingerprint density at radius 3 is 2.93 bits per heavy atom. The summed E-state index contributed by atoms with van der Waals surface area (Å²) in [4.78, 5) is 4.21. The van der Waals surface area contributed by atoms with E-state index in [-0.39, 0.29) is 0 Å². The summed E-state index contributed by atoms with van der Waals surface area (Å²) < 4.78 is 0. The second kappa shape index (κ2) is 6.14. The van der Waals surface area contributed by atoms with Crippen LogP contribution in [-0.4, -0.2) is 4.98 Å². The first-order valence-corrected chi connectivity index (χ1v) is 5.02. The van der Waals surface area contributed by atoms with E-state index in [9.17, 15) is 0 Å². The molecule has 1 rings (SSSR count). The van der Waals surface area contributed by atoms with Crippen molar-refractivity contribution in [2.75, 3.05) is 0 Å². The normalized spacial score (nSPS) is 12.3. The predicted molar refractivity (Wildman–Crippen MR) is 61.9 cm³/mol. The molecule has 0 saturated carbocycles. The molecule has 74 valence electrons. The van der Waals surface area contributed by atoms with Crippen molar-refractivity contribution in [3.63, 3.8) is 0 Å². The summed E-state index contributed by atoms with van der Waals surface area (Å²) in [6, 6.07) is 5.95. The van der Waals surface area contributed by atoms with Gasteiger partial charge in [-0.25, -0.2) is 0 Å². The van der Waals surface area contributed by atoms with Gasteiger partial charge in [-0.1, -0.05) is 23.8 Å². The maximum atomic E-state index is 4.21. The van der Waals surface area contributed by atoms with E-state index in [2.05, 4.69) is 37.1 Å². The zero-order valence-electron chi connectivity index (χ0n) is 8.90. The minimum atomic E-state index is 1.03. The minimum Gasteiger partial charge on any atom is -0.257 e. The highest BCUT2D eigenvalue weighted by atomic mass is 14.6. The van der Waals surface area contributed by atoms with Gasteiger partial charge in [-0.3, -0.25) is 4.98 Å². The lowest BCUT2D eigenvalue weighted by atomic mass is 10.1. The maximum Gasteiger partial charge on any atom is 0.0626 e. The second-order valence-electron chi connectivity index (χ2n) is 3.33. The molecule has 1 aromatic heterocycles. The fourth-order valence-corrected chi connectivity index (χ4v) is 1.13. The summed E-state index contributed by atoms with van der Waals surface area (Å²) >= 11 is 0. The third-order valence-corrected chi connectivity index (χ3v) is 2.17. The number of nitrogens with zero attached hydrogens (tertiary/aromatic N) is 1. The van der Waals surface area contributed by atoms with Crippen LogP contribution in [0.1, 0.15) is 32.4 Å². The Bertz CT molecular complexity index is 309. The van der Waals surface area contributed by atoms with E-state index in [4.69, 9.17) is 0 Å². The Labute approximate surface area is 86.2 Å². The van der Waals surface area contributed by atoms with E-state index >= 15 is 0 Å². The van der Waals surface area contributed by atoms with Crippen LogP contribution in [0.15, 0.2) is 42.1 Å². The van der Waals surface area contributed by atoms with Crippen LogP contribution in [0.3, 0.4) is 0 Å². The van der Waals surface area contributed by atoms with Crippen LogP contribution in [0.5, 0.6) is 0 Å². The Morgan fingerprint density at radius 2 is 2.29 bits per heavy atom. The van der Waals surface area contributed by atoms with E-state index in [0.717, 1.165) is 18.5 Å². The first-order valence-electron chi connectivity index (χ1n) is 5.02. The summed E-state index contributed by atoms with van der Waals surface area (Å²) in [6.45, 7) is 4.24. The minimum absolute atomic E-state index is 1.03. The number of pyridine rings is 1. The van der Waals surface area contributed by atoms with Crippen LogP contribution in [0.2, 0.25) is 0 Å². The molecule has 0 spiro atoms. The molecule has 14 heavy (non-hydrogen) atoms. The van der Waals surface area contributed by atoms with Crippen molar-refractivity contribution >= 4 is 6.08 Å². The molecule has 0 amide bonds. The molecule has 0 aliphatic carbocycles. The van der Waals surface area contributed by atoms with E-state index in [0.29, 0.717) is 0 Å². The van der Waals surface area contributed by atoms with Gasteiger partial charge in [0.05, 0.1) is 5.69 Å². The molecule has 0 aliphatic heterocycles. The molecule has 0 aromatic carbocycles. The fraction of sp³-hybridized carbons (Fsp3) is 0.308. The Morgan fingerprint density at radius 1 is 1.43 bits per heavy atom. The van der Waals surface area contributed by atoms with Crippen LogP contribution in [-0.2, 0) is 0 Å². The predicted octanol–water partition coefficient (Wildman–Crippen LogP) is 3.84. The molecule has 0 bridgehead atoms. The SMILES string of the molecule is C/C=C(\C)CCC=Cc1ccccn1. The highest BCUT2D eigenvalue weighted by Gasteiger charge is 1.86. The quantitative estimate of drug-likeness (QED) is 0.652. The highest BCUT2D eigenvalue weighted by molar-refractivity contribution is 5.43. The lowest BCUT2D eigenvalue weighted by Crippen LogP contribution is -1.77. The third kappa shape index (κ3) is 4.04. The summed E-state index contributed by atoms with van der Waals surface area (Å²) in [5.41, 5.74) is 2.47. The van der Waals surface area contributed by atoms with Gasteiger partial charge in [0, 0.05) is 6.20 Å². The molecule has 0 atom stereocenters. The molecule has 0 saturated heterocycles. The second-order valence-corrected chi connectivity index (χ2v) is 3.33. The van der Waals surface area contributed by atoms with Crippen molar-refractivity contribution in [1.29, 1.82) is 0 Å². The van der Waals surface area contributed by atoms with Crippen molar-refractivity contribution in [2.45, 2.75) is 26.7 Å². The maximum absolute atomic E-state index is 4.21. The standard InChI is InChI=1S/C13H17N/c1-3-12(2)8-4-5-9-13-10-6-7-11-14-13/h3,5-7,9-11H,4,8H2,1-2H3/b9-5?,12-3+. The van der Waals surface area contributed by atoms with Crippen LogP contribution in [0.25, 0.3) is 6.08 Å². The number of hydrogen-bond acceptors (Lipinski definition) is 1. The summed E-state index contributed by atoms with van der Waals surface area (Å²) in [6.07, 6.45) is 10.5. The molecule has 1 heteroatoms. The first kappa shape index (κ1) is 10.7. The van der Waals surface area contributed by atoms with Gasteiger partial charge in [0.15, 0.2) is 0 Å². The highest BCUT2D eigenvalue weighted by Crippen LogP contribution is 2.05. The van der Waals surface area contributed by atoms with Gasteiger partial charge in [0.1, 0.15) is 0 Å². The van der Waals surface area contributed by atoms with E-state index < -0.39 is 0 Å². The largest absolute Gasteiger partial charge is 0.257 e. The van der Waals surface area contributed by atoms with Gasteiger partial charge in [-0.05, 0) is 44.9 Å². The van der Waals surface area contributed by atoms with E-state index in [1.165, 1.54) is 5.57 Å². The van der Waals surface area contributed by atoms with Gasteiger partial charge >= 0.3 is 0 Å². The van der Waals surface area contributed by atoms with Crippen molar-refractivity contribution in [3.8, 4) is 0 Å². The molecule has 0 radical (unpaired) electrons. The summed E-state index contributed by atoms with van der Waals surface area (Å²) in [5.74, 6) is 0. The van der Waals surface area contributed by atoms with Gasteiger partial charge in [0.2, 0.25) is 0 Å². The number of hydrogen-bond donors (Lipinski definition) is 0. The van der Waals surface area contributed by atoms with Crippen molar-refractivity contribution in [2.24, 2.45) is 0 Å².